The highest BCUT2D eigenvalue weighted by Gasteiger charge is 2.24. The van der Waals surface area contributed by atoms with Crippen molar-refractivity contribution < 1.29 is 5.11 Å². The van der Waals surface area contributed by atoms with Gasteiger partial charge in [-0.2, -0.15) is 0 Å². The molecule has 0 aliphatic heterocycles. The van der Waals surface area contributed by atoms with Crippen molar-refractivity contribution in [3.8, 4) is 0 Å². The summed E-state index contributed by atoms with van der Waals surface area (Å²) < 4.78 is 0. The number of nitrogens with zero attached hydrogens (tertiary/aromatic N) is 1. The summed E-state index contributed by atoms with van der Waals surface area (Å²) in [7, 11) is 0. The molecule has 3 nitrogen and oxygen atoms in total. The Labute approximate surface area is 84.2 Å². The van der Waals surface area contributed by atoms with Gasteiger partial charge in [0.25, 0.3) is 0 Å². The van der Waals surface area contributed by atoms with Crippen molar-refractivity contribution >= 4 is 0 Å². The first-order valence-electron chi connectivity index (χ1n) is 5.17. The quantitative estimate of drug-likeness (QED) is 0.753. The average molecular weight is 192 g/mol. The predicted molar refractivity (Wildman–Crippen MR) is 54.7 cm³/mol. The van der Waals surface area contributed by atoms with Crippen LogP contribution >= 0.6 is 0 Å². The summed E-state index contributed by atoms with van der Waals surface area (Å²) in [4.78, 5) is 4.22. The first kappa shape index (κ1) is 9.62. The summed E-state index contributed by atoms with van der Waals surface area (Å²) in [5.74, 6) is 0. The van der Waals surface area contributed by atoms with Gasteiger partial charge in [0, 0.05) is 18.8 Å². The molecule has 1 aliphatic rings. The van der Waals surface area contributed by atoms with Crippen LogP contribution < -0.4 is 5.32 Å². The van der Waals surface area contributed by atoms with Crippen molar-refractivity contribution in [3.63, 3.8) is 0 Å². The van der Waals surface area contributed by atoms with Crippen molar-refractivity contribution in [2.45, 2.75) is 38.0 Å². The van der Waals surface area contributed by atoms with Gasteiger partial charge in [0.05, 0.1) is 11.8 Å². The molecule has 1 saturated carbocycles. The van der Waals surface area contributed by atoms with E-state index in [2.05, 4.69) is 10.3 Å². The molecule has 0 radical (unpaired) electrons. The van der Waals surface area contributed by atoms with Gasteiger partial charge in [-0.1, -0.05) is 6.07 Å². The minimum Gasteiger partial charge on any atom is -0.392 e. The number of nitrogens with one attached hydrogen (secondary N) is 1. The lowest BCUT2D eigenvalue weighted by atomic mass is 10.2. The fourth-order valence-corrected chi connectivity index (χ4v) is 1.92. The molecule has 0 amide bonds. The number of hydrogen-bond acceptors (Lipinski definition) is 3. The summed E-state index contributed by atoms with van der Waals surface area (Å²) in [6, 6.07) is 6.15. The maximum Gasteiger partial charge on any atom is 0.0693 e. The van der Waals surface area contributed by atoms with Crippen molar-refractivity contribution in [2.24, 2.45) is 0 Å². The molecule has 1 aromatic rings. The van der Waals surface area contributed by atoms with Gasteiger partial charge in [-0.15, -0.1) is 0 Å². The molecular formula is C11H16N2O. The number of aliphatic hydroxyl groups excluding tert-OH is 1. The normalized spacial score (nSPS) is 26.6. The zero-order valence-electron chi connectivity index (χ0n) is 8.19. The van der Waals surface area contributed by atoms with Crippen molar-refractivity contribution in [2.75, 3.05) is 0 Å². The Balaban J connectivity index is 1.82. The first-order chi connectivity index (χ1) is 6.86. The molecule has 0 bridgehead atoms. The van der Waals surface area contributed by atoms with E-state index in [1.54, 1.807) is 6.20 Å². The van der Waals surface area contributed by atoms with E-state index in [9.17, 15) is 5.11 Å². The molecule has 1 aromatic heterocycles. The first-order valence-corrected chi connectivity index (χ1v) is 5.17. The summed E-state index contributed by atoms with van der Waals surface area (Å²) in [5, 5.41) is 12.9. The van der Waals surface area contributed by atoms with Gasteiger partial charge in [-0.05, 0) is 31.4 Å². The molecule has 3 heteroatoms. The molecule has 1 fully saturated rings. The van der Waals surface area contributed by atoms with Gasteiger partial charge in [0.2, 0.25) is 0 Å². The third kappa shape index (κ3) is 2.30. The van der Waals surface area contributed by atoms with E-state index in [1.807, 2.05) is 18.2 Å². The number of hydrogen-bond donors (Lipinski definition) is 2. The molecule has 14 heavy (non-hydrogen) atoms. The van der Waals surface area contributed by atoms with Crippen LogP contribution in [0.1, 0.15) is 25.0 Å². The Bertz CT molecular complexity index is 276. The molecule has 0 aromatic carbocycles. The lowest BCUT2D eigenvalue weighted by Crippen LogP contribution is -2.35. The zero-order valence-corrected chi connectivity index (χ0v) is 8.19. The highest BCUT2D eigenvalue weighted by Crippen LogP contribution is 2.18. The van der Waals surface area contributed by atoms with Crippen LogP contribution in [0.4, 0.5) is 0 Å². The van der Waals surface area contributed by atoms with Gasteiger partial charge in [-0.3, -0.25) is 4.98 Å². The fourth-order valence-electron chi connectivity index (χ4n) is 1.92. The fraction of sp³-hybridized carbons (Fsp3) is 0.545. The third-order valence-corrected chi connectivity index (χ3v) is 2.75. The highest BCUT2D eigenvalue weighted by molar-refractivity contribution is 5.03. The number of aliphatic hydroxyl groups is 1. The smallest absolute Gasteiger partial charge is 0.0693 e. The monoisotopic (exact) mass is 192 g/mol. The Morgan fingerprint density at radius 2 is 2.36 bits per heavy atom. The van der Waals surface area contributed by atoms with Crippen molar-refractivity contribution in [3.05, 3.63) is 30.1 Å². The molecule has 2 atom stereocenters. The van der Waals surface area contributed by atoms with Gasteiger partial charge < -0.3 is 10.4 Å². The standard InChI is InChI=1S/C11H16N2O/c14-11-6-3-5-10(11)13-8-9-4-1-2-7-12-9/h1-2,4,7,10-11,13-14H,3,5-6,8H2/t10-,11-/m0/s1. The summed E-state index contributed by atoms with van der Waals surface area (Å²) >= 11 is 0. The second kappa shape index (κ2) is 4.53. The molecule has 2 rings (SSSR count). The van der Waals surface area contributed by atoms with Gasteiger partial charge >= 0.3 is 0 Å². The van der Waals surface area contributed by atoms with Crippen LogP contribution in [0.5, 0.6) is 0 Å². The second-order valence-corrected chi connectivity index (χ2v) is 3.81. The molecule has 2 N–H and O–H groups in total. The van der Waals surface area contributed by atoms with Gasteiger partial charge in [0.1, 0.15) is 0 Å². The summed E-state index contributed by atoms with van der Waals surface area (Å²) in [6.45, 7) is 0.753. The third-order valence-electron chi connectivity index (χ3n) is 2.75. The average Bonchev–Trinajstić information content (AvgIpc) is 2.63. The number of rotatable bonds is 3. The van der Waals surface area contributed by atoms with E-state index in [-0.39, 0.29) is 12.1 Å². The van der Waals surface area contributed by atoms with E-state index >= 15 is 0 Å². The summed E-state index contributed by atoms with van der Waals surface area (Å²) in [5.41, 5.74) is 1.03. The maximum atomic E-state index is 9.58. The van der Waals surface area contributed by atoms with Crippen LogP contribution in [-0.4, -0.2) is 22.2 Å². The second-order valence-electron chi connectivity index (χ2n) is 3.81. The number of aromatic nitrogens is 1. The van der Waals surface area contributed by atoms with Gasteiger partial charge in [-0.25, -0.2) is 0 Å². The van der Waals surface area contributed by atoms with Crippen molar-refractivity contribution in [1.29, 1.82) is 0 Å². The Hall–Kier alpha value is -0.930. The molecule has 1 aliphatic carbocycles. The maximum absolute atomic E-state index is 9.58. The lowest BCUT2D eigenvalue weighted by Gasteiger charge is -2.15. The minimum atomic E-state index is -0.168. The van der Waals surface area contributed by atoms with E-state index < -0.39 is 0 Å². The molecule has 0 saturated heterocycles. The molecule has 0 unspecified atom stereocenters. The lowest BCUT2D eigenvalue weighted by molar-refractivity contribution is 0.148. The Morgan fingerprint density at radius 1 is 1.43 bits per heavy atom. The van der Waals surface area contributed by atoms with Crippen LogP contribution in [0.15, 0.2) is 24.4 Å². The summed E-state index contributed by atoms with van der Waals surface area (Å²) in [6.07, 6.45) is 4.76. The van der Waals surface area contributed by atoms with Gasteiger partial charge in [0.15, 0.2) is 0 Å². The number of pyridine rings is 1. The highest BCUT2D eigenvalue weighted by atomic mass is 16.3. The predicted octanol–water partition coefficient (Wildman–Crippen LogP) is 1.08. The van der Waals surface area contributed by atoms with Crippen molar-refractivity contribution in [1.82, 2.24) is 10.3 Å². The minimum absolute atomic E-state index is 0.168. The molecule has 1 heterocycles. The SMILES string of the molecule is O[C@H]1CCC[C@@H]1NCc1ccccn1. The molecule has 0 spiro atoms. The molecule has 76 valence electrons. The zero-order chi connectivity index (χ0) is 9.80. The molecular weight excluding hydrogens is 176 g/mol. The van der Waals surface area contributed by atoms with E-state index in [4.69, 9.17) is 0 Å². The van der Waals surface area contributed by atoms with Crippen LogP contribution in [0.3, 0.4) is 0 Å². The largest absolute Gasteiger partial charge is 0.392 e. The topological polar surface area (TPSA) is 45.1 Å². The van der Waals surface area contributed by atoms with Crippen LogP contribution in [0.25, 0.3) is 0 Å². The van der Waals surface area contributed by atoms with Crippen LogP contribution in [0, 0.1) is 0 Å². The van der Waals surface area contributed by atoms with E-state index in [1.165, 1.54) is 0 Å². The van der Waals surface area contributed by atoms with E-state index in [0.717, 1.165) is 31.5 Å². The van der Waals surface area contributed by atoms with Crippen LogP contribution in [-0.2, 0) is 6.54 Å². The van der Waals surface area contributed by atoms with E-state index in [0.29, 0.717) is 0 Å². The Kier molecular flexibility index (Phi) is 3.11. The van der Waals surface area contributed by atoms with Crippen LogP contribution in [0.2, 0.25) is 0 Å². The Morgan fingerprint density at radius 3 is 3.00 bits per heavy atom.